The molecule has 0 bridgehead atoms. The molecule has 0 aromatic carbocycles. The van der Waals surface area contributed by atoms with Crippen LogP contribution in [0.2, 0.25) is 0 Å². The van der Waals surface area contributed by atoms with E-state index in [1.54, 1.807) is 0 Å². The largest absolute Gasteiger partial charge is 0.434 e. The van der Waals surface area contributed by atoms with Crippen LogP contribution in [0.5, 0.6) is 0 Å². The molecular formula is C16H24N8O12S. The Hall–Kier alpha value is -3.05. The van der Waals surface area contributed by atoms with Crippen molar-refractivity contribution in [3.8, 4) is 0 Å². The number of hydrogen-bond donors (Lipinski definition) is 8. The van der Waals surface area contributed by atoms with Gasteiger partial charge in [0.2, 0.25) is 5.66 Å². The van der Waals surface area contributed by atoms with Gasteiger partial charge in [-0.2, -0.15) is 13.5 Å². The minimum absolute atomic E-state index is 0.0111. The Morgan fingerprint density at radius 3 is 2.51 bits per heavy atom. The van der Waals surface area contributed by atoms with Crippen LogP contribution in [-0.4, -0.2) is 144 Å². The maximum Gasteiger partial charge on any atom is 0.434 e. The first-order valence-corrected chi connectivity index (χ1v) is 12.1. The van der Waals surface area contributed by atoms with Gasteiger partial charge in [0, 0.05) is 12.3 Å². The molecule has 2 spiro atoms. The Balaban J connectivity index is 1.59. The van der Waals surface area contributed by atoms with E-state index in [1.807, 2.05) is 0 Å². The van der Waals surface area contributed by atoms with E-state index < -0.39 is 102 Å². The van der Waals surface area contributed by atoms with Gasteiger partial charge in [0.15, 0.2) is 23.6 Å². The minimum Gasteiger partial charge on any atom is -0.433 e. The van der Waals surface area contributed by atoms with Crippen LogP contribution in [0.3, 0.4) is 0 Å². The van der Waals surface area contributed by atoms with Crippen LogP contribution < -0.4 is 11.5 Å². The van der Waals surface area contributed by atoms with Gasteiger partial charge >= 0.3 is 16.5 Å². The molecule has 37 heavy (non-hydrogen) atoms. The predicted octanol–water partition coefficient (Wildman–Crippen LogP) is -5.67. The summed E-state index contributed by atoms with van der Waals surface area (Å²) < 4.78 is 40.5. The summed E-state index contributed by atoms with van der Waals surface area (Å²) in [7, 11) is -4.97. The van der Waals surface area contributed by atoms with Gasteiger partial charge in [0.05, 0.1) is 25.8 Å². The molecule has 5 rings (SSSR count). The van der Waals surface area contributed by atoms with Crippen molar-refractivity contribution >= 4 is 34.3 Å². The maximum absolute atomic E-state index is 12.7. The SMILES string of the molecule is NC1=NC23C4[C@H](N=C(N)N2C[C@]2(C[C@H]([C@@H](CO)COS(=O)(=O)O)N(O)C(=O)O2)C3(O)O)C(=O)N(O)CN14. The molecule has 0 radical (unpaired) electrons. The lowest BCUT2D eigenvalue weighted by molar-refractivity contribution is -0.317. The number of hydrogen-bond acceptors (Lipinski definition) is 17. The number of amides is 2. The van der Waals surface area contributed by atoms with Crippen molar-refractivity contribution in [2.45, 2.75) is 41.6 Å². The molecular weight excluding hydrogens is 528 g/mol. The van der Waals surface area contributed by atoms with Gasteiger partial charge in [-0.05, 0) is 0 Å². The molecule has 0 aliphatic carbocycles. The molecule has 20 nitrogen and oxygen atoms in total. The number of carbonyl (C=O) groups is 2. The number of aliphatic hydroxyl groups excluding tert-OH is 1. The Bertz CT molecular complexity index is 1210. The first-order valence-electron chi connectivity index (χ1n) is 10.7. The number of nitrogens with two attached hydrogens (primary N) is 2. The summed E-state index contributed by atoms with van der Waals surface area (Å²) in [5.41, 5.74) is 7.43. The van der Waals surface area contributed by atoms with Crippen molar-refractivity contribution in [1.82, 2.24) is 19.9 Å². The third-order valence-electron chi connectivity index (χ3n) is 7.47. The van der Waals surface area contributed by atoms with E-state index in [9.17, 15) is 43.7 Å². The molecule has 3 saturated heterocycles. The highest BCUT2D eigenvalue weighted by atomic mass is 32.3. The number of rotatable bonds is 5. The Morgan fingerprint density at radius 2 is 1.89 bits per heavy atom. The second kappa shape index (κ2) is 7.73. The van der Waals surface area contributed by atoms with E-state index in [-0.39, 0.29) is 11.0 Å². The lowest BCUT2D eigenvalue weighted by atomic mass is 9.75. The number of ether oxygens (including phenoxy) is 1. The van der Waals surface area contributed by atoms with Crippen LogP contribution in [0.1, 0.15) is 6.42 Å². The summed E-state index contributed by atoms with van der Waals surface area (Å²) in [6, 6.07) is -4.37. The van der Waals surface area contributed by atoms with Gasteiger partial charge in [-0.15, -0.1) is 0 Å². The molecule has 0 aromatic heterocycles. The van der Waals surface area contributed by atoms with Gasteiger partial charge in [0.1, 0.15) is 12.7 Å². The van der Waals surface area contributed by atoms with E-state index >= 15 is 0 Å². The molecule has 5 aliphatic heterocycles. The fraction of sp³-hybridized carbons (Fsp3) is 0.750. The number of hydroxylamine groups is 4. The van der Waals surface area contributed by atoms with Crippen molar-refractivity contribution in [3.05, 3.63) is 0 Å². The fourth-order valence-corrected chi connectivity index (χ4v) is 6.12. The first-order chi connectivity index (χ1) is 17.1. The van der Waals surface area contributed by atoms with E-state index in [1.165, 1.54) is 4.90 Å². The Labute approximate surface area is 207 Å². The van der Waals surface area contributed by atoms with Crippen LogP contribution in [0.25, 0.3) is 0 Å². The van der Waals surface area contributed by atoms with Crippen molar-refractivity contribution in [3.63, 3.8) is 0 Å². The normalized spacial score (nSPS) is 37.3. The lowest BCUT2D eigenvalue weighted by Gasteiger charge is -2.53. The molecule has 6 atom stereocenters. The summed E-state index contributed by atoms with van der Waals surface area (Å²) in [5.74, 6) is -6.26. The van der Waals surface area contributed by atoms with Crippen molar-refractivity contribution in [2.75, 3.05) is 26.4 Å². The lowest BCUT2D eigenvalue weighted by Crippen LogP contribution is -2.78. The summed E-state index contributed by atoms with van der Waals surface area (Å²) in [6.45, 7) is -2.90. The van der Waals surface area contributed by atoms with E-state index in [0.29, 0.717) is 5.06 Å². The van der Waals surface area contributed by atoms with Gasteiger partial charge in [-0.3, -0.25) is 19.8 Å². The second-order valence-electron chi connectivity index (χ2n) is 9.31. The van der Waals surface area contributed by atoms with E-state index in [0.717, 1.165) is 4.90 Å². The fourth-order valence-electron chi connectivity index (χ4n) is 5.78. The Kier molecular flexibility index (Phi) is 5.35. The zero-order chi connectivity index (χ0) is 27.3. The topological polar surface area (TPSA) is 298 Å². The van der Waals surface area contributed by atoms with Crippen molar-refractivity contribution < 1.29 is 57.2 Å². The van der Waals surface area contributed by atoms with E-state index in [2.05, 4.69) is 14.2 Å². The average Bonchev–Trinajstić information content (AvgIpc) is 3.19. The van der Waals surface area contributed by atoms with Crippen LogP contribution >= 0.6 is 0 Å². The van der Waals surface area contributed by atoms with Crippen LogP contribution in [-0.2, 0) is 24.1 Å². The van der Waals surface area contributed by atoms with Gasteiger partial charge in [-0.25, -0.2) is 24.0 Å². The van der Waals surface area contributed by atoms with Gasteiger partial charge in [-0.1, -0.05) is 0 Å². The second-order valence-corrected chi connectivity index (χ2v) is 10.4. The highest BCUT2D eigenvalue weighted by Crippen LogP contribution is 2.57. The predicted molar refractivity (Wildman–Crippen MR) is 112 cm³/mol. The molecule has 0 saturated carbocycles. The zero-order valence-corrected chi connectivity index (χ0v) is 19.5. The molecule has 0 aromatic rings. The zero-order valence-electron chi connectivity index (χ0n) is 18.7. The molecule has 3 fully saturated rings. The molecule has 5 aliphatic rings. The van der Waals surface area contributed by atoms with Crippen LogP contribution in [0.15, 0.2) is 9.98 Å². The summed E-state index contributed by atoms with van der Waals surface area (Å²) in [5, 5.41) is 53.9. The van der Waals surface area contributed by atoms with Crippen LogP contribution in [0.4, 0.5) is 4.79 Å². The third kappa shape index (κ3) is 3.22. The summed E-state index contributed by atoms with van der Waals surface area (Å²) >= 11 is 0. The van der Waals surface area contributed by atoms with Crippen molar-refractivity contribution in [2.24, 2.45) is 27.4 Å². The summed E-state index contributed by atoms with van der Waals surface area (Å²) in [4.78, 5) is 35.9. The first kappa shape index (κ1) is 25.6. The highest BCUT2D eigenvalue weighted by molar-refractivity contribution is 7.80. The number of carbonyl (C=O) groups excluding carboxylic acids is 2. The van der Waals surface area contributed by atoms with Crippen LogP contribution in [0, 0.1) is 5.92 Å². The smallest absolute Gasteiger partial charge is 0.433 e. The van der Waals surface area contributed by atoms with E-state index in [4.69, 9.17) is 20.8 Å². The molecule has 2 unspecified atom stereocenters. The van der Waals surface area contributed by atoms with Crippen molar-refractivity contribution in [1.29, 1.82) is 0 Å². The monoisotopic (exact) mass is 552 g/mol. The highest BCUT2D eigenvalue weighted by Gasteiger charge is 2.83. The number of guanidine groups is 2. The molecule has 206 valence electrons. The summed E-state index contributed by atoms with van der Waals surface area (Å²) in [6.07, 6.45) is -2.17. The van der Waals surface area contributed by atoms with Gasteiger partial charge < -0.3 is 41.3 Å². The average molecular weight is 552 g/mol. The molecule has 5 heterocycles. The third-order valence-corrected chi connectivity index (χ3v) is 7.91. The molecule has 2 amide bonds. The quantitative estimate of drug-likeness (QED) is 0.0895. The number of aliphatic hydroxyl groups is 3. The number of nitrogens with zero attached hydrogens (tertiary/aromatic N) is 6. The Morgan fingerprint density at radius 1 is 1.22 bits per heavy atom. The maximum atomic E-state index is 12.7. The minimum atomic E-state index is -4.97. The molecule has 10 N–H and O–H groups in total. The molecule has 21 heteroatoms. The standard InChI is InChI=1S/C16H24N8O12S/c17-11-19-8-9-15(20-12(18)21(9)5-23(30)10(8)26)16(28,29)14(4-22(11)15)1-7(24(31)13(27)36-14)6(2-25)3-35-37(32,33)34/h6-9,25,28-31H,1-5H2,(H2,17,19)(H2,18,20)(H,32,33,34)/t6-,7+,8-,9?,14+,15?/m0/s1. The number of aliphatic imine (C=N–C) groups is 2. The van der Waals surface area contributed by atoms with Gasteiger partial charge in [0.25, 0.3) is 11.7 Å².